The highest BCUT2D eigenvalue weighted by atomic mass is 16.2. The fraction of sp³-hybridized carbons (Fsp3) is 0.909. The maximum Gasteiger partial charge on any atom is 0.222 e. The second-order valence-corrected chi connectivity index (χ2v) is 4.51. The van der Waals surface area contributed by atoms with Crippen molar-refractivity contribution in [3.05, 3.63) is 0 Å². The molecule has 0 aliphatic carbocycles. The number of unbranched alkanes of at least 4 members (excludes halogenated alkanes) is 1. The Hall–Kier alpha value is -0.570. The third-order valence-corrected chi connectivity index (χ3v) is 3.46. The molecular weight excluding hydrogens is 176 g/mol. The van der Waals surface area contributed by atoms with Gasteiger partial charge < -0.3 is 10.2 Å². The van der Waals surface area contributed by atoms with Gasteiger partial charge in [-0.2, -0.15) is 0 Å². The lowest BCUT2D eigenvalue weighted by molar-refractivity contribution is -0.130. The van der Waals surface area contributed by atoms with E-state index < -0.39 is 0 Å². The van der Waals surface area contributed by atoms with Crippen molar-refractivity contribution in [2.24, 2.45) is 5.92 Å². The maximum absolute atomic E-state index is 11.7. The molecule has 3 heteroatoms. The molecule has 2 atom stereocenters. The maximum atomic E-state index is 11.7. The van der Waals surface area contributed by atoms with E-state index in [0.717, 1.165) is 44.8 Å². The lowest BCUT2D eigenvalue weighted by Crippen LogP contribution is -2.33. The molecule has 0 saturated carbocycles. The van der Waals surface area contributed by atoms with Gasteiger partial charge in [-0.25, -0.2) is 0 Å². The number of amides is 1. The standard InChI is InChI=1S/C11H20N2O/c1-2-3-4-11(14)13-7-9-5-6-12-10(9)8-13/h9-10,12H,2-8H2,1H3/t9-,10+/m0/s1. The van der Waals surface area contributed by atoms with Crippen LogP contribution >= 0.6 is 0 Å². The Balaban J connectivity index is 1.80. The minimum absolute atomic E-state index is 0.364. The molecule has 2 fully saturated rings. The van der Waals surface area contributed by atoms with Crippen LogP contribution in [0.25, 0.3) is 0 Å². The van der Waals surface area contributed by atoms with Crippen LogP contribution in [0.15, 0.2) is 0 Å². The van der Waals surface area contributed by atoms with Crippen molar-refractivity contribution in [1.82, 2.24) is 10.2 Å². The van der Waals surface area contributed by atoms with Gasteiger partial charge in [0, 0.05) is 25.6 Å². The van der Waals surface area contributed by atoms with Crippen LogP contribution in [-0.4, -0.2) is 36.5 Å². The van der Waals surface area contributed by atoms with Crippen molar-refractivity contribution in [3.63, 3.8) is 0 Å². The highest BCUT2D eigenvalue weighted by molar-refractivity contribution is 5.76. The lowest BCUT2D eigenvalue weighted by atomic mass is 10.1. The topological polar surface area (TPSA) is 32.3 Å². The molecule has 0 aromatic rings. The summed E-state index contributed by atoms with van der Waals surface area (Å²) in [5, 5.41) is 3.47. The Labute approximate surface area is 85.8 Å². The number of carbonyl (C=O) groups is 1. The normalized spacial score (nSPS) is 30.8. The number of nitrogens with zero attached hydrogens (tertiary/aromatic N) is 1. The first-order valence-electron chi connectivity index (χ1n) is 5.82. The van der Waals surface area contributed by atoms with E-state index >= 15 is 0 Å². The Kier molecular flexibility index (Phi) is 3.06. The van der Waals surface area contributed by atoms with E-state index in [1.54, 1.807) is 0 Å². The van der Waals surface area contributed by atoms with Crippen molar-refractivity contribution in [2.75, 3.05) is 19.6 Å². The van der Waals surface area contributed by atoms with Gasteiger partial charge in [0.2, 0.25) is 5.91 Å². The Morgan fingerprint density at radius 1 is 1.50 bits per heavy atom. The second kappa shape index (κ2) is 4.30. The molecular formula is C11H20N2O. The van der Waals surface area contributed by atoms with Gasteiger partial charge in [-0.3, -0.25) is 4.79 Å². The van der Waals surface area contributed by atoms with Crippen molar-refractivity contribution in [1.29, 1.82) is 0 Å². The number of carbonyl (C=O) groups excluding carboxylic acids is 1. The molecule has 2 aliphatic rings. The van der Waals surface area contributed by atoms with Crippen LogP contribution in [0, 0.1) is 5.92 Å². The van der Waals surface area contributed by atoms with Crippen LogP contribution in [0.3, 0.4) is 0 Å². The highest BCUT2D eigenvalue weighted by Crippen LogP contribution is 2.25. The number of nitrogens with one attached hydrogen (secondary N) is 1. The summed E-state index contributed by atoms with van der Waals surface area (Å²) in [4.78, 5) is 13.8. The number of hydrogen-bond acceptors (Lipinski definition) is 2. The number of likely N-dealkylation sites (tertiary alicyclic amines) is 1. The number of fused-ring (bicyclic) bond motifs is 1. The Morgan fingerprint density at radius 3 is 3.07 bits per heavy atom. The lowest BCUT2D eigenvalue weighted by Gasteiger charge is -2.16. The van der Waals surface area contributed by atoms with Gasteiger partial charge in [0.1, 0.15) is 0 Å². The summed E-state index contributed by atoms with van der Waals surface area (Å²) in [6.45, 7) is 5.23. The molecule has 1 N–H and O–H groups in total. The van der Waals surface area contributed by atoms with Crippen LogP contribution in [-0.2, 0) is 4.79 Å². The van der Waals surface area contributed by atoms with Crippen molar-refractivity contribution in [3.8, 4) is 0 Å². The van der Waals surface area contributed by atoms with Gasteiger partial charge >= 0.3 is 0 Å². The van der Waals surface area contributed by atoms with E-state index in [-0.39, 0.29) is 0 Å². The van der Waals surface area contributed by atoms with E-state index in [1.165, 1.54) is 6.42 Å². The summed E-state index contributed by atoms with van der Waals surface area (Å²) in [5.74, 6) is 1.10. The van der Waals surface area contributed by atoms with Crippen molar-refractivity contribution < 1.29 is 4.79 Å². The first-order chi connectivity index (χ1) is 6.81. The summed E-state index contributed by atoms with van der Waals surface area (Å²) < 4.78 is 0. The molecule has 2 aliphatic heterocycles. The summed E-state index contributed by atoms with van der Waals surface area (Å²) in [7, 11) is 0. The summed E-state index contributed by atoms with van der Waals surface area (Å²) in [6, 6.07) is 0.598. The SMILES string of the molecule is CCCCC(=O)N1C[C@@H]2CCN[C@@H]2C1. The highest BCUT2D eigenvalue weighted by Gasteiger charge is 2.37. The number of hydrogen-bond donors (Lipinski definition) is 1. The Bertz CT molecular complexity index is 205. The van der Waals surface area contributed by atoms with Crippen LogP contribution in [0.2, 0.25) is 0 Å². The average molecular weight is 196 g/mol. The molecule has 14 heavy (non-hydrogen) atoms. The second-order valence-electron chi connectivity index (χ2n) is 4.51. The molecule has 80 valence electrons. The zero-order valence-electron chi connectivity index (χ0n) is 8.96. The molecule has 0 bridgehead atoms. The van der Waals surface area contributed by atoms with E-state index in [0.29, 0.717) is 11.9 Å². The minimum atomic E-state index is 0.364. The summed E-state index contributed by atoms with van der Waals surface area (Å²) in [5.41, 5.74) is 0. The van der Waals surface area contributed by atoms with Crippen molar-refractivity contribution >= 4 is 5.91 Å². The minimum Gasteiger partial charge on any atom is -0.341 e. The Morgan fingerprint density at radius 2 is 2.36 bits per heavy atom. The largest absolute Gasteiger partial charge is 0.341 e. The van der Waals surface area contributed by atoms with Gasteiger partial charge in [0.25, 0.3) is 0 Å². The van der Waals surface area contributed by atoms with Crippen molar-refractivity contribution in [2.45, 2.75) is 38.6 Å². The molecule has 3 nitrogen and oxygen atoms in total. The summed E-state index contributed by atoms with van der Waals surface area (Å²) >= 11 is 0. The van der Waals surface area contributed by atoms with Crippen LogP contribution < -0.4 is 5.32 Å². The quantitative estimate of drug-likeness (QED) is 0.730. The fourth-order valence-corrected chi connectivity index (χ4v) is 2.54. The van der Waals surface area contributed by atoms with E-state index in [9.17, 15) is 4.79 Å². The molecule has 2 saturated heterocycles. The smallest absolute Gasteiger partial charge is 0.222 e. The molecule has 2 rings (SSSR count). The van der Waals surface area contributed by atoms with Gasteiger partial charge in [-0.1, -0.05) is 13.3 Å². The first-order valence-corrected chi connectivity index (χ1v) is 5.82. The van der Waals surface area contributed by atoms with E-state index in [1.807, 2.05) is 0 Å². The third-order valence-electron chi connectivity index (χ3n) is 3.46. The van der Waals surface area contributed by atoms with Crippen LogP contribution in [0.4, 0.5) is 0 Å². The number of rotatable bonds is 3. The zero-order valence-corrected chi connectivity index (χ0v) is 8.96. The molecule has 2 heterocycles. The van der Waals surface area contributed by atoms with Crippen LogP contribution in [0.1, 0.15) is 32.6 Å². The van der Waals surface area contributed by atoms with Gasteiger partial charge in [-0.05, 0) is 25.3 Å². The van der Waals surface area contributed by atoms with E-state index in [2.05, 4.69) is 17.1 Å². The van der Waals surface area contributed by atoms with Gasteiger partial charge in [0.15, 0.2) is 0 Å². The van der Waals surface area contributed by atoms with Crippen LogP contribution in [0.5, 0.6) is 0 Å². The van der Waals surface area contributed by atoms with Gasteiger partial charge in [-0.15, -0.1) is 0 Å². The molecule has 0 spiro atoms. The van der Waals surface area contributed by atoms with E-state index in [4.69, 9.17) is 0 Å². The molecule has 0 unspecified atom stereocenters. The average Bonchev–Trinajstić information content (AvgIpc) is 2.72. The molecule has 0 radical (unpaired) electrons. The fourth-order valence-electron chi connectivity index (χ4n) is 2.54. The van der Waals surface area contributed by atoms with Gasteiger partial charge in [0.05, 0.1) is 0 Å². The first kappa shape index (κ1) is 9.97. The predicted octanol–water partition coefficient (Wildman–Crippen LogP) is 0.997. The zero-order chi connectivity index (χ0) is 9.97. The predicted molar refractivity (Wildman–Crippen MR) is 56.0 cm³/mol. The summed E-state index contributed by atoms with van der Waals surface area (Å²) in [6.07, 6.45) is 4.15. The monoisotopic (exact) mass is 196 g/mol. The molecule has 0 aromatic heterocycles. The third kappa shape index (κ3) is 1.92. The molecule has 1 amide bonds. The molecule has 0 aromatic carbocycles.